The van der Waals surface area contributed by atoms with Gasteiger partial charge in [0.1, 0.15) is 0 Å². The Morgan fingerprint density at radius 1 is 1.23 bits per heavy atom. The molecule has 0 saturated carbocycles. The monoisotopic (exact) mass is 300 g/mol. The van der Waals surface area contributed by atoms with Crippen LogP contribution >= 0.6 is 0 Å². The minimum atomic E-state index is -0.238. The normalized spacial score (nSPS) is 18.0. The topological polar surface area (TPSA) is 49.4 Å². The first-order valence-corrected chi connectivity index (χ1v) is 7.75. The molecule has 2 unspecified atom stereocenters. The Hall–Kier alpha value is -2.10. The molecule has 0 radical (unpaired) electrons. The lowest BCUT2D eigenvalue weighted by atomic mass is 9.93. The largest absolute Gasteiger partial charge is 0.353 e. The molecular formula is C18H24N2O2. The molecule has 2 amide bonds. The molecule has 0 aliphatic carbocycles. The van der Waals surface area contributed by atoms with Crippen molar-refractivity contribution in [2.75, 3.05) is 0 Å². The lowest BCUT2D eigenvalue weighted by molar-refractivity contribution is -0.130. The first-order chi connectivity index (χ1) is 10.4. The van der Waals surface area contributed by atoms with Crippen molar-refractivity contribution in [3.05, 3.63) is 41.6 Å². The molecule has 0 spiro atoms. The van der Waals surface area contributed by atoms with Gasteiger partial charge in [-0.05, 0) is 30.0 Å². The van der Waals surface area contributed by atoms with Gasteiger partial charge in [-0.1, -0.05) is 38.1 Å². The number of nitrogens with zero attached hydrogens (tertiary/aromatic N) is 1. The van der Waals surface area contributed by atoms with Gasteiger partial charge in [-0.25, -0.2) is 0 Å². The van der Waals surface area contributed by atoms with E-state index in [1.54, 1.807) is 11.1 Å². The highest BCUT2D eigenvalue weighted by atomic mass is 16.2. The minimum Gasteiger partial charge on any atom is -0.353 e. The van der Waals surface area contributed by atoms with E-state index in [1.165, 1.54) is 6.92 Å². The maximum atomic E-state index is 12.3. The SMILES string of the molecule is CC(=O)N1C=Cc2ccccc2C1CC(=O)NC(C)C(C)C. The van der Waals surface area contributed by atoms with Crippen LogP contribution in [0.15, 0.2) is 30.5 Å². The van der Waals surface area contributed by atoms with Crippen molar-refractivity contribution in [2.45, 2.75) is 46.2 Å². The van der Waals surface area contributed by atoms with Crippen LogP contribution in [-0.2, 0) is 9.59 Å². The zero-order valence-corrected chi connectivity index (χ0v) is 13.7. The molecule has 4 nitrogen and oxygen atoms in total. The van der Waals surface area contributed by atoms with Gasteiger partial charge in [0.2, 0.25) is 11.8 Å². The predicted octanol–water partition coefficient (Wildman–Crippen LogP) is 3.11. The second kappa shape index (κ2) is 6.77. The van der Waals surface area contributed by atoms with E-state index >= 15 is 0 Å². The van der Waals surface area contributed by atoms with E-state index in [2.05, 4.69) is 19.2 Å². The summed E-state index contributed by atoms with van der Waals surface area (Å²) in [5, 5.41) is 3.02. The molecule has 0 saturated heterocycles. The lowest BCUT2D eigenvalue weighted by Gasteiger charge is -2.32. The number of fused-ring (bicyclic) bond motifs is 1. The Morgan fingerprint density at radius 3 is 2.55 bits per heavy atom. The van der Waals surface area contributed by atoms with Gasteiger partial charge in [-0.3, -0.25) is 9.59 Å². The number of hydrogen-bond acceptors (Lipinski definition) is 2. The lowest BCUT2D eigenvalue weighted by Crippen LogP contribution is -2.39. The summed E-state index contributed by atoms with van der Waals surface area (Å²) in [4.78, 5) is 25.8. The van der Waals surface area contributed by atoms with Crippen molar-refractivity contribution >= 4 is 17.9 Å². The third-order valence-corrected chi connectivity index (χ3v) is 4.24. The number of hydrogen-bond donors (Lipinski definition) is 1. The van der Waals surface area contributed by atoms with Crippen molar-refractivity contribution < 1.29 is 9.59 Å². The maximum Gasteiger partial charge on any atom is 0.223 e. The van der Waals surface area contributed by atoms with E-state index in [4.69, 9.17) is 0 Å². The number of nitrogens with one attached hydrogen (secondary N) is 1. The molecule has 22 heavy (non-hydrogen) atoms. The van der Waals surface area contributed by atoms with Gasteiger partial charge in [-0.2, -0.15) is 0 Å². The summed E-state index contributed by atoms with van der Waals surface area (Å²) in [7, 11) is 0. The van der Waals surface area contributed by atoms with E-state index in [9.17, 15) is 9.59 Å². The van der Waals surface area contributed by atoms with Crippen LogP contribution in [0.3, 0.4) is 0 Å². The fraction of sp³-hybridized carbons (Fsp3) is 0.444. The molecule has 2 rings (SSSR count). The van der Waals surface area contributed by atoms with Crippen LogP contribution in [0.2, 0.25) is 0 Å². The summed E-state index contributed by atoms with van der Waals surface area (Å²) in [5.74, 6) is 0.300. The van der Waals surface area contributed by atoms with Gasteiger partial charge < -0.3 is 10.2 Å². The molecule has 0 aromatic heterocycles. The second-order valence-electron chi connectivity index (χ2n) is 6.19. The van der Waals surface area contributed by atoms with Crippen molar-refractivity contribution in [1.29, 1.82) is 0 Å². The van der Waals surface area contributed by atoms with Crippen LogP contribution in [0.5, 0.6) is 0 Å². The number of rotatable bonds is 4. The minimum absolute atomic E-state index is 0.0254. The van der Waals surface area contributed by atoms with Crippen LogP contribution in [0.25, 0.3) is 6.08 Å². The summed E-state index contributed by atoms with van der Waals surface area (Å²) in [6.07, 6.45) is 3.97. The Bertz CT molecular complexity index is 593. The summed E-state index contributed by atoms with van der Waals surface area (Å²) < 4.78 is 0. The quantitative estimate of drug-likeness (QED) is 0.929. The fourth-order valence-corrected chi connectivity index (χ4v) is 2.57. The first kappa shape index (κ1) is 16.3. The van der Waals surface area contributed by atoms with Gasteiger partial charge in [0, 0.05) is 19.2 Å². The van der Waals surface area contributed by atoms with Crippen LogP contribution in [0.1, 0.15) is 51.3 Å². The molecule has 1 aromatic rings. The molecule has 2 atom stereocenters. The highest BCUT2D eigenvalue weighted by molar-refractivity contribution is 5.82. The number of benzene rings is 1. The Morgan fingerprint density at radius 2 is 1.91 bits per heavy atom. The van der Waals surface area contributed by atoms with Crippen LogP contribution in [0.4, 0.5) is 0 Å². The molecule has 1 aliphatic rings. The van der Waals surface area contributed by atoms with Crippen LogP contribution in [0, 0.1) is 5.92 Å². The molecule has 1 heterocycles. The fourth-order valence-electron chi connectivity index (χ4n) is 2.57. The van der Waals surface area contributed by atoms with Crippen molar-refractivity contribution in [2.24, 2.45) is 5.92 Å². The molecule has 118 valence electrons. The Labute approximate surface area is 132 Å². The molecule has 1 aromatic carbocycles. The Kier molecular flexibility index (Phi) is 5.01. The first-order valence-electron chi connectivity index (χ1n) is 7.75. The summed E-state index contributed by atoms with van der Waals surface area (Å²) >= 11 is 0. The van der Waals surface area contributed by atoms with E-state index < -0.39 is 0 Å². The van der Waals surface area contributed by atoms with Gasteiger partial charge >= 0.3 is 0 Å². The molecule has 1 N–H and O–H groups in total. The van der Waals surface area contributed by atoms with Crippen LogP contribution < -0.4 is 5.32 Å². The summed E-state index contributed by atoms with van der Waals surface area (Å²) in [6.45, 7) is 7.68. The summed E-state index contributed by atoms with van der Waals surface area (Å²) in [6, 6.07) is 7.78. The number of carbonyl (C=O) groups is 2. The van der Waals surface area contributed by atoms with E-state index in [0.717, 1.165) is 11.1 Å². The number of carbonyl (C=O) groups excluding carboxylic acids is 2. The average molecular weight is 300 g/mol. The van der Waals surface area contributed by atoms with E-state index in [-0.39, 0.29) is 30.3 Å². The third-order valence-electron chi connectivity index (χ3n) is 4.24. The van der Waals surface area contributed by atoms with Gasteiger partial charge in [-0.15, -0.1) is 0 Å². The number of amides is 2. The zero-order valence-electron chi connectivity index (χ0n) is 13.7. The zero-order chi connectivity index (χ0) is 16.3. The molecule has 0 bridgehead atoms. The highest BCUT2D eigenvalue weighted by Crippen LogP contribution is 2.32. The molecular weight excluding hydrogens is 276 g/mol. The Balaban J connectivity index is 2.20. The molecule has 4 heteroatoms. The van der Waals surface area contributed by atoms with Crippen molar-refractivity contribution in [3.8, 4) is 0 Å². The molecule has 1 aliphatic heterocycles. The average Bonchev–Trinajstić information content (AvgIpc) is 2.46. The smallest absolute Gasteiger partial charge is 0.223 e. The highest BCUT2D eigenvalue weighted by Gasteiger charge is 2.28. The maximum absolute atomic E-state index is 12.3. The van der Waals surface area contributed by atoms with E-state index in [1.807, 2.05) is 37.3 Å². The van der Waals surface area contributed by atoms with Gasteiger partial charge in [0.05, 0.1) is 12.5 Å². The van der Waals surface area contributed by atoms with Crippen LogP contribution in [-0.4, -0.2) is 22.8 Å². The predicted molar refractivity (Wildman–Crippen MR) is 87.8 cm³/mol. The van der Waals surface area contributed by atoms with Gasteiger partial charge in [0.15, 0.2) is 0 Å². The summed E-state index contributed by atoms with van der Waals surface area (Å²) in [5.41, 5.74) is 2.09. The van der Waals surface area contributed by atoms with E-state index in [0.29, 0.717) is 5.92 Å². The standard InChI is InChI=1S/C18H24N2O2/c1-12(2)13(3)19-18(22)11-17-16-8-6-5-7-15(16)9-10-20(17)14(4)21/h5-10,12-13,17H,11H2,1-4H3,(H,19,22). The second-order valence-corrected chi connectivity index (χ2v) is 6.19. The van der Waals surface area contributed by atoms with Gasteiger partial charge in [0.25, 0.3) is 0 Å². The van der Waals surface area contributed by atoms with Crippen molar-refractivity contribution in [3.63, 3.8) is 0 Å². The third kappa shape index (κ3) is 3.56. The molecule has 0 fully saturated rings. The van der Waals surface area contributed by atoms with Crippen molar-refractivity contribution in [1.82, 2.24) is 10.2 Å².